The normalized spacial score (nSPS) is 16.8. The van der Waals surface area contributed by atoms with Crippen molar-refractivity contribution in [3.05, 3.63) is 11.9 Å². The predicted octanol–water partition coefficient (Wildman–Crippen LogP) is 0.774. The minimum Gasteiger partial charge on any atom is -0.337 e. The highest BCUT2D eigenvalue weighted by Gasteiger charge is 2.20. The fourth-order valence-electron chi connectivity index (χ4n) is 1.34. The Bertz CT molecular complexity index is 266. The lowest BCUT2D eigenvalue weighted by Gasteiger charge is -2.12. The first kappa shape index (κ1) is 7.67. The summed E-state index contributed by atoms with van der Waals surface area (Å²) in [6.07, 6.45) is 3.76. The maximum atomic E-state index is 11.5. The van der Waals surface area contributed by atoms with E-state index in [1.165, 1.54) is 6.20 Å². The zero-order chi connectivity index (χ0) is 8.39. The van der Waals surface area contributed by atoms with Crippen molar-refractivity contribution in [2.45, 2.75) is 12.8 Å². The van der Waals surface area contributed by atoms with Crippen LogP contribution in [0.3, 0.4) is 0 Å². The molecule has 1 aliphatic heterocycles. The number of amides is 1. The van der Waals surface area contributed by atoms with Crippen molar-refractivity contribution >= 4 is 17.6 Å². The molecule has 0 atom stereocenters. The lowest BCUT2D eigenvalue weighted by Crippen LogP contribution is -2.27. The zero-order valence-corrected chi connectivity index (χ0v) is 7.38. The van der Waals surface area contributed by atoms with Gasteiger partial charge in [-0.15, -0.1) is 0 Å². The van der Waals surface area contributed by atoms with Crippen LogP contribution in [0.2, 0.25) is 0 Å². The molecule has 0 radical (unpaired) electrons. The minimum absolute atomic E-state index is 0.0289. The Hall–Kier alpha value is -0.970. The van der Waals surface area contributed by atoms with Gasteiger partial charge in [-0.2, -0.15) is 8.75 Å². The van der Waals surface area contributed by atoms with Crippen LogP contribution in [-0.4, -0.2) is 32.6 Å². The number of rotatable bonds is 1. The van der Waals surface area contributed by atoms with Crippen LogP contribution in [0.1, 0.15) is 23.3 Å². The third-order valence-electron chi connectivity index (χ3n) is 1.97. The Morgan fingerprint density at radius 1 is 1.50 bits per heavy atom. The molecular formula is C7H9N3OS. The molecular weight excluding hydrogens is 174 g/mol. The highest BCUT2D eigenvalue weighted by molar-refractivity contribution is 6.99. The number of nitrogens with zero attached hydrogens (tertiary/aromatic N) is 3. The first-order valence-corrected chi connectivity index (χ1v) is 4.68. The van der Waals surface area contributed by atoms with Crippen LogP contribution >= 0.6 is 11.7 Å². The van der Waals surface area contributed by atoms with E-state index in [0.29, 0.717) is 5.69 Å². The topological polar surface area (TPSA) is 46.1 Å². The molecule has 0 aromatic carbocycles. The number of hydrogen-bond donors (Lipinski definition) is 0. The van der Waals surface area contributed by atoms with Crippen LogP contribution in [0.5, 0.6) is 0 Å². The predicted molar refractivity (Wildman–Crippen MR) is 45.0 cm³/mol. The molecule has 5 heteroatoms. The molecule has 1 aliphatic rings. The third-order valence-corrected chi connectivity index (χ3v) is 2.45. The van der Waals surface area contributed by atoms with Crippen LogP contribution in [0, 0.1) is 0 Å². The van der Waals surface area contributed by atoms with Crippen molar-refractivity contribution in [1.29, 1.82) is 0 Å². The number of carbonyl (C=O) groups is 1. The van der Waals surface area contributed by atoms with Crippen LogP contribution in [0.15, 0.2) is 6.20 Å². The Labute approximate surface area is 74.5 Å². The second-order valence-electron chi connectivity index (χ2n) is 2.79. The number of likely N-dealkylation sites (tertiary alicyclic amines) is 1. The summed E-state index contributed by atoms with van der Waals surface area (Å²) in [5.74, 6) is 0.0289. The largest absolute Gasteiger partial charge is 0.337 e. The molecule has 0 saturated carbocycles. The molecule has 1 amide bonds. The van der Waals surface area contributed by atoms with Crippen LogP contribution in [0.25, 0.3) is 0 Å². The van der Waals surface area contributed by atoms with Gasteiger partial charge in [0.25, 0.3) is 5.91 Å². The molecule has 2 heterocycles. The summed E-state index contributed by atoms with van der Waals surface area (Å²) in [5.41, 5.74) is 0.488. The summed E-state index contributed by atoms with van der Waals surface area (Å²) in [4.78, 5) is 13.4. The first-order chi connectivity index (χ1) is 5.88. The number of carbonyl (C=O) groups excluding carboxylic acids is 1. The van der Waals surface area contributed by atoms with E-state index in [1.807, 2.05) is 4.90 Å². The van der Waals surface area contributed by atoms with Gasteiger partial charge >= 0.3 is 0 Å². The summed E-state index contributed by atoms with van der Waals surface area (Å²) in [5, 5.41) is 0. The monoisotopic (exact) mass is 183 g/mol. The lowest BCUT2D eigenvalue weighted by molar-refractivity contribution is 0.0788. The Kier molecular flexibility index (Phi) is 2.03. The molecule has 1 saturated heterocycles. The number of hydrogen-bond acceptors (Lipinski definition) is 4. The fraction of sp³-hybridized carbons (Fsp3) is 0.571. The Morgan fingerprint density at radius 3 is 2.83 bits per heavy atom. The van der Waals surface area contributed by atoms with E-state index in [9.17, 15) is 4.79 Å². The summed E-state index contributed by atoms with van der Waals surface area (Å²) >= 11 is 1.08. The average molecular weight is 183 g/mol. The van der Waals surface area contributed by atoms with E-state index < -0.39 is 0 Å². The molecule has 2 rings (SSSR count). The van der Waals surface area contributed by atoms with Gasteiger partial charge in [-0.3, -0.25) is 4.79 Å². The van der Waals surface area contributed by atoms with Crippen molar-refractivity contribution in [2.75, 3.05) is 13.1 Å². The van der Waals surface area contributed by atoms with E-state index >= 15 is 0 Å². The van der Waals surface area contributed by atoms with E-state index in [1.54, 1.807) is 0 Å². The van der Waals surface area contributed by atoms with Crippen LogP contribution < -0.4 is 0 Å². The zero-order valence-electron chi connectivity index (χ0n) is 6.56. The van der Waals surface area contributed by atoms with Crippen molar-refractivity contribution in [3.63, 3.8) is 0 Å². The lowest BCUT2D eigenvalue weighted by atomic mass is 10.4. The van der Waals surface area contributed by atoms with Gasteiger partial charge in [0, 0.05) is 13.1 Å². The van der Waals surface area contributed by atoms with Crippen molar-refractivity contribution in [1.82, 2.24) is 13.6 Å². The summed E-state index contributed by atoms with van der Waals surface area (Å²) in [6.45, 7) is 1.74. The van der Waals surface area contributed by atoms with E-state index in [0.717, 1.165) is 37.7 Å². The standard InChI is InChI=1S/C7H9N3OS/c11-7(6-5-8-12-9-6)10-3-1-2-4-10/h5H,1-4H2. The van der Waals surface area contributed by atoms with Crippen molar-refractivity contribution < 1.29 is 4.79 Å². The van der Waals surface area contributed by atoms with Gasteiger partial charge in [-0.05, 0) is 12.8 Å². The maximum Gasteiger partial charge on any atom is 0.275 e. The first-order valence-electron chi connectivity index (χ1n) is 3.95. The SMILES string of the molecule is O=C(c1cnsn1)N1CCCC1. The van der Waals surface area contributed by atoms with Gasteiger partial charge in [-0.25, -0.2) is 0 Å². The van der Waals surface area contributed by atoms with Gasteiger partial charge in [-0.1, -0.05) is 0 Å². The summed E-state index contributed by atoms with van der Waals surface area (Å²) in [7, 11) is 0. The fourth-order valence-corrected chi connectivity index (χ4v) is 1.75. The molecule has 1 aromatic rings. The molecule has 0 bridgehead atoms. The number of aromatic nitrogens is 2. The molecule has 4 nitrogen and oxygen atoms in total. The van der Waals surface area contributed by atoms with Crippen LogP contribution in [-0.2, 0) is 0 Å². The molecule has 1 aromatic heterocycles. The smallest absolute Gasteiger partial charge is 0.275 e. The van der Waals surface area contributed by atoms with Gasteiger partial charge in [0.2, 0.25) is 0 Å². The van der Waals surface area contributed by atoms with Gasteiger partial charge in [0.05, 0.1) is 17.9 Å². The van der Waals surface area contributed by atoms with Crippen molar-refractivity contribution in [3.8, 4) is 0 Å². The highest BCUT2D eigenvalue weighted by Crippen LogP contribution is 2.11. The second kappa shape index (κ2) is 3.18. The molecule has 1 fully saturated rings. The second-order valence-corrected chi connectivity index (χ2v) is 3.35. The Morgan fingerprint density at radius 2 is 2.25 bits per heavy atom. The van der Waals surface area contributed by atoms with E-state index in [4.69, 9.17) is 0 Å². The van der Waals surface area contributed by atoms with Gasteiger partial charge in [0.15, 0.2) is 5.69 Å². The molecule has 0 aliphatic carbocycles. The molecule has 64 valence electrons. The third kappa shape index (κ3) is 1.32. The molecule has 0 spiro atoms. The van der Waals surface area contributed by atoms with Crippen LogP contribution in [0.4, 0.5) is 0 Å². The van der Waals surface area contributed by atoms with Gasteiger partial charge in [0.1, 0.15) is 0 Å². The quantitative estimate of drug-likeness (QED) is 0.646. The van der Waals surface area contributed by atoms with Crippen molar-refractivity contribution in [2.24, 2.45) is 0 Å². The van der Waals surface area contributed by atoms with E-state index in [2.05, 4.69) is 8.75 Å². The van der Waals surface area contributed by atoms with E-state index in [-0.39, 0.29) is 5.91 Å². The highest BCUT2D eigenvalue weighted by atomic mass is 32.1. The molecule has 0 unspecified atom stereocenters. The summed E-state index contributed by atoms with van der Waals surface area (Å²) < 4.78 is 7.70. The maximum absolute atomic E-state index is 11.5. The summed E-state index contributed by atoms with van der Waals surface area (Å²) in [6, 6.07) is 0. The molecule has 0 N–H and O–H groups in total. The van der Waals surface area contributed by atoms with Gasteiger partial charge < -0.3 is 4.90 Å². The molecule has 12 heavy (non-hydrogen) atoms. The average Bonchev–Trinajstić information content (AvgIpc) is 2.77. The minimum atomic E-state index is 0.0289. The Balaban J connectivity index is 2.09.